The molecule has 0 atom stereocenters. The van der Waals surface area contributed by atoms with E-state index in [2.05, 4.69) is 39.5 Å². The van der Waals surface area contributed by atoms with Crippen LogP contribution in [0.25, 0.3) is 0 Å². The zero-order chi connectivity index (χ0) is 13.0. The molecule has 2 heterocycles. The molecule has 0 amide bonds. The number of hydrogen-bond acceptors (Lipinski definition) is 5. The lowest BCUT2D eigenvalue weighted by Gasteiger charge is -2.07. The van der Waals surface area contributed by atoms with Gasteiger partial charge in [-0.1, -0.05) is 6.92 Å². The molecule has 0 saturated heterocycles. The van der Waals surface area contributed by atoms with Crippen LogP contribution in [0.3, 0.4) is 0 Å². The summed E-state index contributed by atoms with van der Waals surface area (Å²) in [7, 11) is 0. The normalized spacial score (nSPS) is 10.6. The van der Waals surface area contributed by atoms with Crippen molar-refractivity contribution in [2.45, 2.75) is 33.6 Å². The number of nitrogens with zero attached hydrogens (tertiary/aromatic N) is 3. The van der Waals surface area contributed by atoms with Crippen molar-refractivity contribution in [3.63, 3.8) is 0 Å². The van der Waals surface area contributed by atoms with E-state index in [1.165, 1.54) is 0 Å². The van der Waals surface area contributed by atoms with Crippen LogP contribution in [0.1, 0.15) is 36.1 Å². The van der Waals surface area contributed by atoms with Crippen LogP contribution in [0, 0.1) is 6.92 Å². The molecule has 0 unspecified atom stereocenters. The zero-order valence-electron chi connectivity index (χ0n) is 11.0. The third kappa shape index (κ3) is 3.26. The Morgan fingerprint density at radius 3 is 2.61 bits per heavy atom. The van der Waals surface area contributed by atoms with Crippen LogP contribution in [0.5, 0.6) is 0 Å². The molecule has 0 saturated carbocycles. The van der Waals surface area contributed by atoms with Gasteiger partial charge in [0.05, 0.1) is 17.1 Å². The van der Waals surface area contributed by atoms with E-state index in [-0.39, 0.29) is 0 Å². The Morgan fingerprint density at radius 1 is 1.17 bits per heavy atom. The van der Waals surface area contributed by atoms with Crippen molar-refractivity contribution >= 4 is 17.2 Å². The molecule has 1 N–H and O–H groups in total. The summed E-state index contributed by atoms with van der Waals surface area (Å²) in [6.07, 6.45) is 1.63. The molecular weight excluding hydrogens is 244 g/mol. The van der Waals surface area contributed by atoms with Crippen molar-refractivity contribution in [1.29, 1.82) is 0 Å². The summed E-state index contributed by atoms with van der Waals surface area (Å²) in [4.78, 5) is 13.5. The van der Waals surface area contributed by atoms with Gasteiger partial charge >= 0.3 is 0 Å². The van der Waals surface area contributed by atoms with Crippen LogP contribution >= 0.6 is 11.3 Å². The maximum atomic E-state index is 4.55. The molecule has 0 aliphatic heterocycles. The van der Waals surface area contributed by atoms with Crippen LogP contribution in [0.15, 0.2) is 11.4 Å². The number of thiazole rings is 1. The van der Waals surface area contributed by atoms with Gasteiger partial charge in [-0.05, 0) is 20.3 Å². The van der Waals surface area contributed by atoms with Gasteiger partial charge in [0.15, 0.2) is 0 Å². The smallest absolute Gasteiger partial charge is 0.136 e. The molecule has 2 aromatic heterocycles. The van der Waals surface area contributed by atoms with Crippen molar-refractivity contribution in [3.05, 3.63) is 33.7 Å². The van der Waals surface area contributed by atoms with Gasteiger partial charge in [0.1, 0.15) is 11.6 Å². The lowest BCUT2D eigenvalue weighted by atomic mass is 10.2. The largest absolute Gasteiger partial charge is 0.370 e. The van der Waals surface area contributed by atoms with Crippen LogP contribution in [-0.2, 0) is 12.8 Å². The number of hydrogen-bond donors (Lipinski definition) is 1. The van der Waals surface area contributed by atoms with Gasteiger partial charge in [-0.25, -0.2) is 15.0 Å². The molecule has 0 spiro atoms. The second-order valence-electron chi connectivity index (χ2n) is 4.08. The molecule has 0 aliphatic rings. The molecule has 0 fully saturated rings. The van der Waals surface area contributed by atoms with Crippen molar-refractivity contribution in [3.8, 4) is 0 Å². The average molecular weight is 262 g/mol. The van der Waals surface area contributed by atoms with E-state index in [1.807, 2.05) is 13.0 Å². The van der Waals surface area contributed by atoms with E-state index in [9.17, 15) is 0 Å². The van der Waals surface area contributed by atoms with Gasteiger partial charge < -0.3 is 5.32 Å². The van der Waals surface area contributed by atoms with Gasteiger partial charge in [-0.3, -0.25) is 0 Å². The topological polar surface area (TPSA) is 50.7 Å². The molecule has 0 aromatic carbocycles. The van der Waals surface area contributed by atoms with E-state index in [0.717, 1.165) is 41.0 Å². The number of aromatic nitrogens is 3. The third-order valence-corrected chi connectivity index (χ3v) is 3.37. The lowest BCUT2D eigenvalue weighted by molar-refractivity contribution is 0.890. The fourth-order valence-electron chi connectivity index (χ4n) is 1.74. The predicted molar refractivity (Wildman–Crippen MR) is 75.2 cm³/mol. The average Bonchev–Trinajstić information content (AvgIpc) is 2.75. The predicted octanol–water partition coefficient (Wildman–Crippen LogP) is 2.83. The van der Waals surface area contributed by atoms with Crippen LogP contribution < -0.4 is 5.32 Å². The first-order chi connectivity index (χ1) is 8.71. The van der Waals surface area contributed by atoms with Crippen LogP contribution in [0.2, 0.25) is 0 Å². The highest BCUT2D eigenvalue weighted by molar-refractivity contribution is 7.09. The summed E-state index contributed by atoms with van der Waals surface area (Å²) < 4.78 is 0. The zero-order valence-corrected chi connectivity index (χ0v) is 11.8. The molecule has 4 nitrogen and oxygen atoms in total. The summed E-state index contributed by atoms with van der Waals surface area (Å²) in [5, 5.41) is 6.40. The van der Waals surface area contributed by atoms with Gasteiger partial charge in [-0.2, -0.15) is 0 Å². The summed E-state index contributed by atoms with van der Waals surface area (Å²) >= 11 is 1.67. The summed E-state index contributed by atoms with van der Waals surface area (Å²) in [5.74, 6) is 1.75. The molecule has 0 radical (unpaired) electrons. The standard InChI is InChI=1S/C13H18N4S/c1-4-10-6-12(14-5-2)17-13(16-10)7-11-8-18-9(3)15-11/h6,8H,4-5,7H2,1-3H3,(H,14,16,17). The molecule has 2 aromatic rings. The first-order valence-corrected chi connectivity index (χ1v) is 7.11. The van der Waals surface area contributed by atoms with Gasteiger partial charge in [0.25, 0.3) is 0 Å². The van der Waals surface area contributed by atoms with Crippen LogP contribution in [-0.4, -0.2) is 21.5 Å². The number of rotatable bonds is 5. The maximum absolute atomic E-state index is 4.55. The van der Waals surface area contributed by atoms with E-state index in [4.69, 9.17) is 0 Å². The first kappa shape index (κ1) is 13.0. The summed E-state index contributed by atoms with van der Waals surface area (Å²) in [5.41, 5.74) is 2.12. The van der Waals surface area contributed by atoms with Gasteiger partial charge in [-0.15, -0.1) is 11.3 Å². The Bertz CT molecular complexity index is 521. The molecule has 96 valence electrons. The van der Waals surface area contributed by atoms with Gasteiger partial charge in [0, 0.05) is 23.7 Å². The minimum absolute atomic E-state index is 0.705. The molecule has 5 heteroatoms. The SMILES string of the molecule is CCNc1cc(CC)nc(Cc2csc(C)n2)n1. The van der Waals surface area contributed by atoms with Crippen molar-refractivity contribution in [1.82, 2.24) is 15.0 Å². The number of nitrogens with one attached hydrogen (secondary N) is 1. The quantitative estimate of drug-likeness (QED) is 0.900. The number of anilines is 1. The molecule has 2 rings (SSSR count). The maximum Gasteiger partial charge on any atom is 0.136 e. The Kier molecular flexibility index (Phi) is 4.25. The lowest BCUT2D eigenvalue weighted by Crippen LogP contribution is -2.06. The van der Waals surface area contributed by atoms with Crippen molar-refractivity contribution < 1.29 is 0 Å². The van der Waals surface area contributed by atoms with E-state index in [0.29, 0.717) is 6.42 Å². The molecule has 0 aliphatic carbocycles. The first-order valence-electron chi connectivity index (χ1n) is 6.23. The Balaban J connectivity index is 2.23. The van der Waals surface area contributed by atoms with E-state index < -0.39 is 0 Å². The fourth-order valence-corrected chi connectivity index (χ4v) is 2.35. The van der Waals surface area contributed by atoms with E-state index in [1.54, 1.807) is 11.3 Å². The highest BCUT2D eigenvalue weighted by Crippen LogP contribution is 2.13. The minimum Gasteiger partial charge on any atom is -0.370 e. The third-order valence-electron chi connectivity index (χ3n) is 2.55. The molecule has 18 heavy (non-hydrogen) atoms. The monoisotopic (exact) mass is 262 g/mol. The van der Waals surface area contributed by atoms with Crippen molar-refractivity contribution in [2.75, 3.05) is 11.9 Å². The summed E-state index contributed by atoms with van der Waals surface area (Å²) in [6, 6.07) is 2.01. The second kappa shape index (κ2) is 5.91. The summed E-state index contributed by atoms with van der Waals surface area (Å²) in [6.45, 7) is 7.06. The Labute approximate surface area is 112 Å². The van der Waals surface area contributed by atoms with Crippen molar-refractivity contribution in [2.24, 2.45) is 0 Å². The highest BCUT2D eigenvalue weighted by atomic mass is 32.1. The highest BCUT2D eigenvalue weighted by Gasteiger charge is 2.06. The Morgan fingerprint density at radius 2 is 2.00 bits per heavy atom. The molecule has 0 bridgehead atoms. The van der Waals surface area contributed by atoms with Gasteiger partial charge in [0.2, 0.25) is 0 Å². The minimum atomic E-state index is 0.705. The Hall–Kier alpha value is -1.49. The number of aryl methyl sites for hydroxylation is 2. The fraction of sp³-hybridized carbons (Fsp3) is 0.462. The molecular formula is C13H18N4S. The van der Waals surface area contributed by atoms with E-state index >= 15 is 0 Å². The second-order valence-corrected chi connectivity index (χ2v) is 5.14. The van der Waals surface area contributed by atoms with Crippen LogP contribution in [0.4, 0.5) is 5.82 Å².